The van der Waals surface area contributed by atoms with E-state index in [-0.39, 0.29) is 62.8 Å². The molecule has 5 N–H and O–H groups in total. The molecule has 10 heteroatoms. The van der Waals surface area contributed by atoms with Crippen LogP contribution >= 0.6 is 12.4 Å². The quantitative estimate of drug-likeness (QED) is 0.458. The van der Waals surface area contributed by atoms with Crippen molar-refractivity contribution in [3.63, 3.8) is 0 Å². The molecule has 0 saturated carbocycles. The Morgan fingerprint density at radius 3 is 2.24 bits per heavy atom. The Bertz CT molecular complexity index is 495. The maximum absolute atomic E-state index is 12.6. The number of nitrogens with two attached hydrogens (primary N) is 1. The topological polar surface area (TPSA) is 137 Å². The number of aliphatic hydroxyl groups is 3. The molecule has 0 bridgehead atoms. The first-order valence-corrected chi connectivity index (χ1v) is 10.1. The van der Waals surface area contributed by atoms with Gasteiger partial charge in [0.15, 0.2) is 0 Å². The first-order valence-electron chi connectivity index (χ1n) is 10.1. The van der Waals surface area contributed by atoms with E-state index in [1.165, 1.54) is 4.90 Å². The van der Waals surface area contributed by atoms with Gasteiger partial charge in [-0.2, -0.15) is 0 Å². The molecule has 29 heavy (non-hydrogen) atoms. The van der Waals surface area contributed by atoms with Crippen molar-refractivity contribution in [1.82, 2.24) is 9.80 Å². The van der Waals surface area contributed by atoms with Crippen molar-refractivity contribution in [2.75, 3.05) is 39.4 Å². The Kier molecular flexibility index (Phi) is 13.6. The van der Waals surface area contributed by atoms with Crippen LogP contribution in [-0.2, 0) is 14.3 Å². The number of nitrogens with zero attached hydrogens (tertiary/aromatic N) is 2. The highest BCUT2D eigenvalue weighted by Crippen LogP contribution is 2.10. The molecule has 0 aromatic heterocycles. The Hall–Kier alpha value is -0.970. The number of hydrogen-bond donors (Lipinski definition) is 4. The lowest BCUT2D eigenvalue weighted by Crippen LogP contribution is -2.51. The Morgan fingerprint density at radius 1 is 1.03 bits per heavy atom. The summed E-state index contributed by atoms with van der Waals surface area (Å²) in [5.74, 6) is -0.240. The molecule has 1 aliphatic rings. The number of carbonyl (C=O) groups excluding carboxylic acids is 2. The summed E-state index contributed by atoms with van der Waals surface area (Å²) in [6, 6.07) is -0.641. The van der Waals surface area contributed by atoms with Crippen LogP contribution in [0.1, 0.15) is 40.0 Å². The van der Waals surface area contributed by atoms with Gasteiger partial charge in [0.1, 0.15) is 18.3 Å². The Balaban J connectivity index is 0.00000784. The summed E-state index contributed by atoms with van der Waals surface area (Å²) in [6.45, 7) is 6.59. The fourth-order valence-corrected chi connectivity index (χ4v) is 3.06. The number of rotatable bonds is 3. The van der Waals surface area contributed by atoms with Crippen molar-refractivity contribution >= 4 is 24.2 Å². The number of hydrogen-bond acceptors (Lipinski definition) is 7. The molecule has 1 aliphatic heterocycles. The van der Waals surface area contributed by atoms with E-state index in [1.807, 2.05) is 13.8 Å². The normalized spacial score (nSPS) is 26.4. The molecule has 1 fully saturated rings. The second-order valence-electron chi connectivity index (χ2n) is 7.96. The highest BCUT2D eigenvalue weighted by molar-refractivity contribution is 5.85. The minimum atomic E-state index is -1.43. The second-order valence-corrected chi connectivity index (χ2v) is 7.96. The minimum absolute atomic E-state index is 0. The van der Waals surface area contributed by atoms with Crippen molar-refractivity contribution in [1.29, 1.82) is 0 Å². The van der Waals surface area contributed by atoms with Gasteiger partial charge in [0.05, 0.1) is 12.6 Å². The first kappa shape index (κ1) is 28.0. The number of halogens is 1. The van der Waals surface area contributed by atoms with Gasteiger partial charge in [0, 0.05) is 39.2 Å². The highest BCUT2D eigenvalue weighted by atomic mass is 35.5. The van der Waals surface area contributed by atoms with E-state index in [0.29, 0.717) is 26.0 Å². The molecule has 9 nitrogen and oxygen atoms in total. The molecule has 0 unspecified atom stereocenters. The molecule has 0 radical (unpaired) electrons. The fourth-order valence-electron chi connectivity index (χ4n) is 3.06. The van der Waals surface area contributed by atoms with E-state index in [0.717, 1.165) is 0 Å². The summed E-state index contributed by atoms with van der Waals surface area (Å²) in [5, 5.41) is 30.5. The fraction of sp³-hybridized carbons (Fsp3) is 0.895. The third-order valence-electron chi connectivity index (χ3n) is 4.73. The Labute approximate surface area is 179 Å². The zero-order valence-electron chi connectivity index (χ0n) is 17.7. The molecule has 2 amide bonds. The number of carbonyl (C=O) groups is 2. The van der Waals surface area contributed by atoms with Crippen molar-refractivity contribution in [3.05, 3.63) is 0 Å². The van der Waals surface area contributed by atoms with Gasteiger partial charge in [-0.15, -0.1) is 12.4 Å². The molecular weight excluding hydrogens is 402 g/mol. The van der Waals surface area contributed by atoms with E-state index in [2.05, 4.69) is 0 Å². The van der Waals surface area contributed by atoms with Gasteiger partial charge in [-0.05, 0) is 25.7 Å². The van der Waals surface area contributed by atoms with Gasteiger partial charge in [0.25, 0.3) is 0 Å². The standard InChI is InChI=1S/C19H37N3O6.ClH/c1-13(2)10-17(25)22-8-7-21(19(27)14(3)20)6-4-5-9-28-12-16(24)18(26)15(23)11-22;/h13-16,18,23-24,26H,4-12,20H2,1-3H3;1H/t14-,15-,16+,18+;/m0./s1. The smallest absolute Gasteiger partial charge is 0.239 e. The number of ether oxygens (including phenoxy) is 1. The van der Waals surface area contributed by atoms with Crippen LogP contribution in [0.15, 0.2) is 0 Å². The predicted molar refractivity (Wildman–Crippen MR) is 112 cm³/mol. The van der Waals surface area contributed by atoms with E-state index in [4.69, 9.17) is 10.5 Å². The summed E-state index contributed by atoms with van der Waals surface area (Å²) in [5.41, 5.74) is 5.75. The lowest BCUT2D eigenvalue weighted by atomic mass is 10.1. The molecule has 1 rings (SSSR count). The molecule has 0 spiro atoms. The van der Waals surface area contributed by atoms with Crippen molar-refractivity contribution < 1.29 is 29.6 Å². The van der Waals surface area contributed by atoms with Crippen LogP contribution in [0.5, 0.6) is 0 Å². The maximum Gasteiger partial charge on any atom is 0.239 e. The monoisotopic (exact) mass is 439 g/mol. The van der Waals surface area contributed by atoms with E-state index < -0.39 is 24.4 Å². The number of β-amino-alcohol motifs (C(OH)–C–C–N with tert-alkyl or cyclic N) is 1. The average Bonchev–Trinajstić information content (AvgIpc) is 2.62. The van der Waals surface area contributed by atoms with Crippen LogP contribution < -0.4 is 5.73 Å². The minimum Gasteiger partial charge on any atom is -0.388 e. The summed E-state index contributed by atoms with van der Waals surface area (Å²) >= 11 is 0. The molecular formula is C19H38ClN3O6. The number of aliphatic hydroxyl groups excluding tert-OH is 3. The largest absolute Gasteiger partial charge is 0.388 e. The van der Waals surface area contributed by atoms with E-state index in [1.54, 1.807) is 11.8 Å². The molecule has 172 valence electrons. The molecule has 0 aromatic carbocycles. The molecule has 4 atom stereocenters. The lowest BCUT2D eigenvalue weighted by molar-refractivity contribution is -0.140. The van der Waals surface area contributed by atoms with Gasteiger partial charge < -0.3 is 35.6 Å². The summed E-state index contributed by atoms with van der Waals surface area (Å²) in [4.78, 5) is 28.1. The van der Waals surface area contributed by atoms with Gasteiger partial charge in [0.2, 0.25) is 11.8 Å². The summed E-state index contributed by atoms with van der Waals surface area (Å²) in [6.07, 6.45) is -2.34. The van der Waals surface area contributed by atoms with Crippen LogP contribution in [0.3, 0.4) is 0 Å². The van der Waals surface area contributed by atoms with E-state index in [9.17, 15) is 24.9 Å². The molecule has 0 aliphatic carbocycles. The van der Waals surface area contributed by atoms with Gasteiger partial charge in [-0.1, -0.05) is 13.8 Å². The summed E-state index contributed by atoms with van der Waals surface area (Å²) < 4.78 is 5.35. The second kappa shape index (κ2) is 14.1. The van der Waals surface area contributed by atoms with Crippen LogP contribution in [0.25, 0.3) is 0 Å². The Morgan fingerprint density at radius 2 is 1.66 bits per heavy atom. The molecule has 0 aromatic rings. The van der Waals surface area contributed by atoms with Crippen LogP contribution in [0.4, 0.5) is 0 Å². The highest BCUT2D eigenvalue weighted by Gasteiger charge is 2.29. The predicted octanol–water partition coefficient (Wildman–Crippen LogP) is -0.648. The van der Waals surface area contributed by atoms with E-state index >= 15 is 0 Å². The van der Waals surface area contributed by atoms with Crippen molar-refractivity contribution in [2.24, 2.45) is 11.7 Å². The van der Waals surface area contributed by atoms with Gasteiger partial charge >= 0.3 is 0 Å². The third kappa shape index (κ3) is 10.1. The SMILES string of the molecule is CC(C)CC(=O)N1CCN(C(=O)[C@H](C)N)CCCCOC[C@@H](O)[C@H](O)[C@@H](O)C1.Cl. The number of amides is 2. The molecule has 1 saturated heterocycles. The average molecular weight is 440 g/mol. The van der Waals surface area contributed by atoms with Gasteiger partial charge in [-0.25, -0.2) is 0 Å². The molecule has 1 heterocycles. The maximum atomic E-state index is 12.6. The van der Waals surface area contributed by atoms with Crippen molar-refractivity contribution in [3.8, 4) is 0 Å². The summed E-state index contributed by atoms with van der Waals surface area (Å²) in [7, 11) is 0. The zero-order valence-corrected chi connectivity index (χ0v) is 18.5. The van der Waals surface area contributed by atoms with Gasteiger partial charge in [-0.3, -0.25) is 9.59 Å². The third-order valence-corrected chi connectivity index (χ3v) is 4.73. The lowest BCUT2D eigenvalue weighted by Gasteiger charge is -2.33. The first-order chi connectivity index (χ1) is 13.1. The van der Waals surface area contributed by atoms with Crippen LogP contribution in [0.2, 0.25) is 0 Å². The van der Waals surface area contributed by atoms with Crippen LogP contribution in [0, 0.1) is 5.92 Å². The zero-order chi connectivity index (χ0) is 21.3. The van der Waals surface area contributed by atoms with Crippen LogP contribution in [-0.4, -0.2) is 101 Å². The van der Waals surface area contributed by atoms with Crippen molar-refractivity contribution in [2.45, 2.75) is 64.4 Å².